The number of hydrogen-bond acceptors (Lipinski definition) is 10. The zero-order valence-electron chi connectivity index (χ0n) is 16.4. The van der Waals surface area contributed by atoms with E-state index >= 15 is 0 Å². The molecule has 30 heavy (non-hydrogen) atoms. The third-order valence-corrected chi connectivity index (χ3v) is 5.16. The van der Waals surface area contributed by atoms with Gasteiger partial charge in [0, 0.05) is 12.0 Å². The molecule has 0 unspecified atom stereocenters. The molecule has 1 aliphatic rings. The number of nitrogens with zero attached hydrogens (tertiary/aromatic N) is 7. The maximum Gasteiger partial charge on any atom is 0.312 e. The third-order valence-electron chi connectivity index (χ3n) is 5.16. The summed E-state index contributed by atoms with van der Waals surface area (Å²) in [6.45, 7) is 2.57. The molecule has 1 fully saturated rings. The Labute approximate surface area is 171 Å². The van der Waals surface area contributed by atoms with E-state index in [1.807, 2.05) is 31.2 Å². The summed E-state index contributed by atoms with van der Waals surface area (Å²) in [5.41, 5.74) is 7.64. The number of nitrogens with one attached hydrogen (secondary N) is 1. The molecule has 0 amide bonds. The monoisotopic (exact) mass is 407 g/mol. The lowest BCUT2D eigenvalue weighted by atomic mass is 10.1. The fourth-order valence-electron chi connectivity index (χ4n) is 3.75. The van der Waals surface area contributed by atoms with Crippen molar-refractivity contribution in [2.24, 2.45) is 0 Å². The quantitative estimate of drug-likeness (QED) is 0.489. The zero-order valence-corrected chi connectivity index (χ0v) is 16.4. The summed E-state index contributed by atoms with van der Waals surface area (Å²) in [6.07, 6.45) is 4.41. The summed E-state index contributed by atoms with van der Waals surface area (Å²) in [4.78, 5) is 9.04. The molecule has 11 nitrogen and oxygen atoms in total. The van der Waals surface area contributed by atoms with Crippen LogP contribution in [0.1, 0.15) is 38.0 Å². The molecule has 0 radical (unpaired) electrons. The Morgan fingerprint density at radius 3 is 2.83 bits per heavy atom. The van der Waals surface area contributed by atoms with Gasteiger partial charge in [-0.2, -0.15) is 9.67 Å². The second-order valence-corrected chi connectivity index (χ2v) is 7.16. The maximum atomic E-state index is 5.54. The van der Waals surface area contributed by atoms with E-state index in [-0.39, 0.29) is 18.0 Å². The number of benzene rings is 1. The molecule has 11 heteroatoms. The fraction of sp³-hybridized carbons (Fsp3) is 0.368. The molecule has 5 rings (SSSR count). The second kappa shape index (κ2) is 7.58. The van der Waals surface area contributed by atoms with Gasteiger partial charge in [-0.1, -0.05) is 10.3 Å². The van der Waals surface area contributed by atoms with Crippen molar-refractivity contribution >= 4 is 23.1 Å². The van der Waals surface area contributed by atoms with Crippen LogP contribution in [0, 0.1) is 0 Å². The van der Waals surface area contributed by atoms with Crippen LogP contribution in [0.3, 0.4) is 0 Å². The number of fused-ring (bicyclic) bond motifs is 1. The molecule has 3 heterocycles. The first-order valence-corrected chi connectivity index (χ1v) is 9.86. The summed E-state index contributed by atoms with van der Waals surface area (Å²) in [7, 11) is 0. The Balaban J connectivity index is 1.34. The van der Waals surface area contributed by atoms with Crippen LogP contribution in [0.4, 0.5) is 12.0 Å². The first-order valence-electron chi connectivity index (χ1n) is 9.86. The number of nitrogens with two attached hydrogens (primary N) is 1. The van der Waals surface area contributed by atoms with E-state index in [4.69, 9.17) is 14.9 Å². The van der Waals surface area contributed by atoms with Crippen molar-refractivity contribution < 1.29 is 9.15 Å². The van der Waals surface area contributed by atoms with Gasteiger partial charge in [0.1, 0.15) is 5.75 Å². The van der Waals surface area contributed by atoms with Crippen molar-refractivity contribution in [3.63, 3.8) is 0 Å². The van der Waals surface area contributed by atoms with E-state index in [9.17, 15) is 0 Å². The first kappa shape index (κ1) is 18.3. The molecule has 3 aromatic heterocycles. The highest BCUT2D eigenvalue weighted by atomic mass is 16.5. The Morgan fingerprint density at radius 1 is 1.20 bits per heavy atom. The number of aromatic nitrogens is 7. The van der Waals surface area contributed by atoms with Crippen LogP contribution in [0.2, 0.25) is 0 Å². The van der Waals surface area contributed by atoms with Gasteiger partial charge in [0.25, 0.3) is 0 Å². The summed E-state index contributed by atoms with van der Waals surface area (Å²) in [5, 5.41) is 19.5. The molecule has 2 atom stereocenters. The first-order chi connectivity index (χ1) is 14.7. The molecule has 0 aliphatic heterocycles. The number of rotatable bonds is 6. The van der Waals surface area contributed by atoms with Crippen LogP contribution in [0.5, 0.6) is 5.75 Å². The van der Waals surface area contributed by atoms with Crippen LogP contribution >= 0.6 is 0 Å². The van der Waals surface area contributed by atoms with Crippen LogP contribution in [0.15, 0.2) is 34.9 Å². The van der Waals surface area contributed by atoms with Gasteiger partial charge in [0.05, 0.1) is 18.5 Å². The number of ether oxygens (including phenoxy) is 1. The minimum Gasteiger partial charge on any atom is -0.494 e. The molecule has 4 aromatic rings. The second-order valence-electron chi connectivity index (χ2n) is 7.16. The van der Waals surface area contributed by atoms with Gasteiger partial charge in [0.2, 0.25) is 11.8 Å². The van der Waals surface area contributed by atoms with Crippen LogP contribution in [-0.4, -0.2) is 47.8 Å². The van der Waals surface area contributed by atoms with Crippen LogP contribution < -0.4 is 15.8 Å². The molecule has 0 spiro atoms. The van der Waals surface area contributed by atoms with Crippen LogP contribution in [-0.2, 0) is 0 Å². The molecular formula is C19H21N9O2. The average Bonchev–Trinajstić information content (AvgIpc) is 3.48. The summed E-state index contributed by atoms with van der Waals surface area (Å²) < 4.78 is 12.6. The van der Waals surface area contributed by atoms with E-state index in [1.165, 1.54) is 0 Å². The molecule has 0 bridgehead atoms. The lowest BCUT2D eigenvalue weighted by Gasteiger charge is -2.12. The molecule has 154 valence electrons. The van der Waals surface area contributed by atoms with Gasteiger partial charge in [-0.25, -0.2) is 4.98 Å². The van der Waals surface area contributed by atoms with E-state index in [0.29, 0.717) is 29.6 Å². The Hall–Kier alpha value is -3.76. The van der Waals surface area contributed by atoms with Crippen molar-refractivity contribution in [2.45, 2.75) is 38.1 Å². The van der Waals surface area contributed by atoms with Crippen LogP contribution in [0.25, 0.3) is 16.9 Å². The molecule has 1 saturated carbocycles. The van der Waals surface area contributed by atoms with Crippen molar-refractivity contribution in [3.05, 3.63) is 36.4 Å². The van der Waals surface area contributed by atoms with Crippen molar-refractivity contribution in [1.82, 2.24) is 35.2 Å². The van der Waals surface area contributed by atoms with Gasteiger partial charge in [-0.3, -0.25) is 0 Å². The number of nitrogen functional groups attached to an aromatic ring is 1. The highest BCUT2D eigenvalue weighted by molar-refractivity contribution is 5.72. The number of hydrogen-bond donors (Lipinski definition) is 2. The maximum absolute atomic E-state index is 5.54. The molecule has 3 N–H and O–H groups in total. The summed E-state index contributed by atoms with van der Waals surface area (Å²) in [5.74, 6) is 2.12. The molecular weight excluding hydrogens is 386 g/mol. The van der Waals surface area contributed by atoms with Crippen molar-refractivity contribution in [1.29, 1.82) is 0 Å². The lowest BCUT2D eigenvalue weighted by molar-refractivity contribution is 0.340. The van der Waals surface area contributed by atoms with Crippen molar-refractivity contribution in [2.75, 3.05) is 17.7 Å². The van der Waals surface area contributed by atoms with Gasteiger partial charge < -0.3 is 20.2 Å². The Morgan fingerprint density at radius 2 is 2.07 bits per heavy atom. The number of anilines is 2. The van der Waals surface area contributed by atoms with Gasteiger partial charge in [-0.05, 0) is 50.5 Å². The minimum atomic E-state index is 0.102. The predicted molar refractivity (Wildman–Crippen MR) is 108 cm³/mol. The summed E-state index contributed by atoms with van der Waals surface area (Å²) in [6, 6.07) is 7.95. The highest BCUT2D eigenvalue weighted by Crippen LogP contribution is 2.35. The normalized spacial score (nSPS) is 18.7. The Kier molecular flexibility index (Phi) is 4.62. The predicted octanol–water partition coefficient (Wildman–Crippen LogP) is 2.32. The van der Waals surface area contributed by atoms with Crippen molar-refractivity contribution in [3.8, 4) is 11.4 Å². The standard InChI is InChI=1S/C19H21N9O2/c1-2-29-14-7-5-13(6-8-14)28-16-15(24-27-28)10-21-19(23-16)22-12-4-3-11(9-12)17-25-26-18(20)30-17/h5-8,10-12H,2-4,9H2,1H3,(H2,20,26)(H,21,22,23)/t11-,12-/m1/s1. The van der Waals surface area contributed by atoms with Gasteiger partial charge in [-0.15, -0.1) is 10.2 Å². The minimum absolute atomic E-state index is 0.102. The molecule has 1 aliphatic carbocycles. The van der Waals surface area contributed by atoms with E-state index in [0.717, 1.165) is 30.7 Å². The third kappa shape index (κ3) is 3.49. The molecule has 1 aromatic carbocycles. The van der Waals surface area contributed by atoms with Gasteiger partial charge >= 0.3 is 6.01 Å². The van der Waals surface area contributed by atoms with E-state index in [2.05, 4.69) is 35.8 Å². The van der Waals surface area contributed by atoms with E-state index in [1.54, 1.807) is 10.9 Å². The fourth-order valence-corrected chi connectivity index (χ4v) is 3.75. The smallest absolute Gasteiger partial charge is 0.312 e. The van der Waals surface area contributed by atoms with E-state index < -0.39 is 0 Å². The SMILES string of the molecule is CCOc1ccc(-n2nnc3cnc(N[C@@H]4CC[C@@H](c5nnc(N)o5)C4)nc32)cc1. The van der Waals surface area contributed by atoms with Gasteiger partial charge in [0.15, 0.2) is 11.2 Å². The molecule has 0 saturated heterocycles. The lowest BCUT2D eigenvalue weighted by Crippen LogP contribution is -2.17. The summed E-state index contributed by atoms with van der Waals surface area (Å²) >= 11 is 0. The zero-order chi connectivity index (χ0) is 20.5. The topological polar surface area (TPSA) is 143 Å². The largest absolute Gasteiger partial charge is 0.494 e. The Bertz CT molecular complexity index is 1150. The average molecular weight is 407 g/mol. The highest BCUT2D eigenvalue weighted by Gasteiger charge is 2.30.